The standard InChI is InChI=1S/C31H36F2N8O4.C28H32F2N8O2.C3H6O3.ClH/c1-19-16-39(3)11-12-41(19)24-6-8-27(38-29(24)44-4)37-28-14-23(35-18-36-28)21-5-7-25(22(13-21)15-34)45-26-9-10-40(17-31(26,32)33)30(43)20(2)42;1-18-15-37(2)10-11-38(18)22-5-7-25(36-27(22)39-3)35-26-13-21(33-17-34-26)19-4-6-23(20(12-19)14-31)40-24-8-9-32-16-28(24,29)30;1-2(4)3(5)6;/h5-8,13-14,18-20,26,42H,9-12,16-17H2,1-4H3,(H,35,36,37,38);4-7,12-13,17-18,24,32H,8-11,15-16H2,1-3H3,(H,33,34,35,36);2,4H,1H3,(H,5,6);1H/t19-,20-,26?;18-,24?;2-;/m111./s1. The molecule has 2 unspecified atom stereocenters. The third kappa shape index (κ3) is 17.7. The highest BCUT2D eigenvalue weighted by Crippen LogP contribution is 2.38. The van der Waals surface area contributed by atoms with Crippen LogP contribution in [0, 0.1) is 22.7 Å². The fraction of sp³-hybridized carbons (Fsp3) is 0.452. The van der Waals surface area contributed by atoms with Gasteiger partial charge >= 0.3 is 11.9 Å². The van der Waals surface area contributed by atoms with E-state index >= 15 is 0 Å². The van der Waals surface area contributed by atoms with Crippen LogP contribution in [-0.4, -0.2) is 214 Å². The summed E-state index contributed by atoms with van der Waals surface area (Å²) in [7, 11) is 7.41. The number of nitrogens with one attached hydrogen (secondary N) is 3. The molecule has 0 saturated carbocycles. The monoisotopic (exact) mass is 1300 g/mol. The summed E-state index contributed by atoms with van der Waals surface area (Å²) < 4.78 is 80.7. The summed E-state index contributed by atoms with van der Waals surface area (Å²) in [5.74, 6) is -5.20. The molecular formula is C62H75ClF4N16O9. The summed E-state index contributed by atoms with van der Waals surface area (Å²) in [4.78, 5) is 58.1. The number of carboxylic acids is 1. The zero-order valence-corrected chi connectivity index (χ0v) is 52.9. The lowest BCUT2D eigenvalue weighted by Crippen LogP contribution is -2.56. The van der Waals surface area contributed by atoms with Crippen molar-refractivity contribution in [3.8, 4) is 57.9 Å². The second-order valence-electron chi connectivity index (χ2n) is 22.5. The molecule has 4 aliphatic rings. The molecule has 10 rings (SSSR count). The van der Waals surface area contributed by atoms with E-state index < -0.39 is 61.2 Å². The number of ether oxygens (including phenoxy) is 4. The number of aliphatic carboxylic acids is 1. The molecule has 4 fully saturated rings. The Morgan fingerprint density at radius 1 is 0.652 bits per heavy atom. The van der Waals surface area contributed by atoms with Crippen molar-refractivity contribution in [2.24, 2.45) is 0 Å². The Morgan fingerprint density at radius 2 is 1.11 bits per heavy atom. The molecule has 0 radical (unpaired) electrons. The average molecular weight is 1300 g/mol. The maximum absolute atomic E-state index is 14.9. The Morgan fingerprint density at radius 3 is 1.50 bits per heavy atom. The Labute approximate surface area is 536 Å². The summed E-state index contributed by atoms with van der Waals surface area (Å²) in [5.41, 5.74) is 4.26. The molecular weight excluding hydrogens is 1220 g/mol. The lowest BCUT2D eigenvalue weighted by molar-refractivity contribution is -0.165. The number of benzene rings is 2. The smallest absolute Gasteiger partial charge is 0.332 e. The highest BCUT2D eigenvalue weighted by Gasteiger charge is 2.48. The largest absolute Gasteiger partial charge is 0.483 e. The Hall–Kier alpha value is -8.97. The van der Waals surface area contributed by atoms with E-state index in [9.17, 15) is 42.8 Å². The van der Waals surface area contributed by atoms with E-state index in [1.807, 2.05) is 30.3 Å². The van der Waals surface area contributed by atoms with Gasteiger partial charge in [-0.25, -0.2) is 42.3 Å². The zero-order chi connectivity index (χ0) is 65.7. The molecule has 6 atom stereocenters. The number of nitrogens with zero attached hydrogens (tertiary/aromatic N) is 13. The quantitative estimate of drug-likeness (QED) is 0.0540. The number of piperidine rings is 2. The first-order valence-electron chi connectivity index (χ1n) is 29.4. The summed E-state index contributed by atoms with van der Waals surface area (Å²) in [6, 6.07) is 25.2. The van der Waals surface area contributed by atoms with Gasteiger partial charge in [0.2, 0.25) is 11.8 Å². The number of anilines is 6. The van der Waals surface area contributed by atoms with Crippen LogP contribution in [0.3, 0.4) is 0 Å². The summed E-state index contributed by atoms with van der Waals surface area (Å²) in [6.07, 6.45) is -2.68. The molecule has 2 aromatic carbocycles. The molecule has 4 aromatic heterocycles. The molecule has 6 aromatic rings. The van der Waals surface area contributed by atoms with Crippen LogP contribution in [0.2, 0.25) is 0 Å². The molecule has 4 aliphatic heterocycles. The summed E-state index contributed by atoms with van der Waals surface area (Å²) in [6.45, 7) is 11.4. The molecule has 92 heavy (non-hydrogen) atoms. The summed E-state index contributed by atoms with van der Waals surface area (Å²) in [5, 5.41) is 53.8. The molecule has 0 bridgehead atoms. The van der Waals surface area contributed by atoms with Crippen molar-refractivity contribution in [3.05, 3.63) is 96.6 Å². The maximum atomic E-state index is 14.9. The van der Waals surface area contributed by atoms with Gasteiger partial charge in [0.1, 0.15) is 83.1 Å². The number of hydrogen-bond donors (Lipinski definition) is 6. The van der Waals surface area contributed by atoms with Gasteiger partial charge in [-0.3, -0.25) is 4.79 Å². The number of nitriles is 2. The molecule has 8 heterocycles. The van der Waals surface area contributed by atoms with Crippen LogP contribution < -0.4 is 44.7 Å². The fourth-order valence-electron chi connectivity index (χ4n) is 10.7. The number of carboxylic acid groups (broad SMARTS) is 1. The lowest BCUT2D eigenvalue weighted by atomic mass is 10.0. The number of methoxy groups -OCH3 is 2. The number of amides is 1. The van der Waals surface area contributed by atoms with Crippen LogP contribution in [0.1, 0.15) is 51.7 Å². The molecule has 30 heteroatoms. The molecule has 492 valence electrons. The van der Waals surface area contributed by atoms with Crippen molar-refractivity contribution in [1.82, 2.24) is 49.9 Å². The van der Waals surface area contributed by atoms with Gasteiger partial charge in [-0.1, -0.05) is 0 Å². The minimum absolute atomic E-state index is 0. The van der Waals surface area contributed by atoms with Crippen molar-refractivity contribution >= 4 is 58.9 Å². The minimum Gasteiger partial charge on any atom is -0.483 e. The number of likely N-dealkylation sites (N-methyl/N-ethyl adjacent to an activating group) is 2. The fourth-order valence-corrected chi connectivity index (χ4v) is 10.7. The minimum atomic E-state index is -3.38. The van der Waals surface area contributed by atoms with Gasteiger partial charge in [0.15, 0.2) is 12.2 Å². The first-order valence-corrected chi connectivity index (χ1v) is 29.4. The number of aromatic nitrogens is 6. The normalized spacial score (nSPS) is 20.1. The van der Waals surface area contributed by atoms with Crippen molar-refractivity contribution in [2.45, 2.75) is 88.9 Å². The summed E-state index contributed by atoms with van der Waals surface area (Å²) >= 11 is 0. The first-order chi connectivity index (χ1) is 43.4. The van der Waals surface area contributed by atoms with E-state index in [0.717, 1.165) is 55.5 Å². The Balaban J connectivity index is 0.000000238. The Bertz CT molecular complexity index is 3610. The van der Waals surface area contributed by atoms with E-state index in [1.54, 1.807) is 44.6 Å². The molecule has 0 spiro atoms. The van der Waals surface area contributed by atoms with Gasteiger partial charge in [-0.05, 0) is 109 Å². The van der Waals surface area contributed by atoms with Crippen molar-refractivity contribution in [2.75, 3.05) is 114 Å². The number of carbonyl (C=O) groups excluding carboxylic acids is 1. The second kappa shape index (κ2) is 31.4. The van der Waals surface area contributed by atoms with Crippen molar-refractivity contribution in [3.63, 3.8) is 0 Å². The highest BCUT2D eigenvalue weighted by atomic mass is 35.5. The van der Waals surface area contributed by atoms with Gasteiger partial charge in [-0.15, -0.1) is 12.4 Å². The molecule has 1 amide bonds. The topological polar surface area (TPSA) is 309 Å². The van der Waals surface area contributed by atoms with Gasteiger partial charge in [0.25, 0.3) is 11.8 Å². The number of halogens is 5. The van der Waals surface area contributed by atoms with Crippen LogP contribution in [0.5, 0.6) is 23.3 Å². The third-order valence-corrected chi connectivity index (χ3v) is 15.5. The number of likely N-dealkylation sites (tertiary alicyclic amines) is 1. The first kappa shape index (κ1) is 70.5. The van der Waals surface area contributed by atoms with Gasteiger partial charge in [0, 0.05) is 94.0 Å². The van der Waals surface area contributed by atoms with E-state index in [4.69, 9.17) is 29.2 Å². The van der Waals surface area contributed by atoms with Crippen molar-refractivity contribution < 1.29 is 61.4 Å². The number of pyridine rings is 2. The lowest BCUT2D eigenvalue weighted by Gasteiger charge is -2.40. The third-order valence-electron chi connectivity index (χ3n) is 15.5. The van der Waals surface area contributed by atoms with Gasteiger partial charge < -0.3 is 74.7 Å². The number of hydrogen-bond acceptors (Lipinski definition) is 23. The molecule has 4 saturated heterocycles. The number of rotatable bonds is 16. The molecule has 0 aliphatic carbocycles. The predicted octanol–water partition coefficient (Wildman–Crippen LogP) is 6.85. The molecule has 6 N–H and O–H groups in total. The van der Waals surface area contributed by atoms with E-state index in [1.165, 1.54) is 44.7 Å². The number of carbonyl (C=O) groups is 2. The molecule has 25 nitrogen and oxygen atoms in total. The number of aliphatic hydroxyl groups is 2. The SMILES string of the molecule is COc1nc(Nc2cc(-c3ccc(OC4CCN(C(=O)[C@@H](C)O)CC4(F)F)c(C#N)c3)ncn2)ccc1N1CCN(C)C[C@H]1C.COc1nc(Nc2cc(-c3ccc(OC4CCNCC4(F)F)c(C#N)c3)ncn2)ccc1N1CCN(C)C[C@H]1C.C[C@@H](O)C(=O)O.Cl. The van der Waals surface area contributed by atoms with Crippen LogP contribution in [0.25, 0.3) is 22.5 Å². The number of piperazine rings is 2. The van der Waals surface area contributed by atoms with Gasteiger partial charge in [-0.2, -0.15) is 20.5 Å². The van der Waals surface area contributed by atoms with Crippen molar-refractivity contribution in [1.29, 1.82) is 10.5 Å². The van der Waals surface area contributed by atoms with Crippen LogP contribution in [0.4, 0.5) is 52.2 Å². The zero-order valence-electron chi connectivity index (χ0n) is 52.1. The van der Waals surface area contributed by atoms with Crippen LogP contribution in [-0.2, 0) is 9.59 Å². The number of aliphatic hydroxyl groups excluding tert-OH is 2. The highest BCUT2D eigenvalue weighted by molar-refractivity contribution is 5.85. The average Bonchev–Trinajstić information content (AvgIpc) is 0.830. The van der Waals surface area contributed by atoms with E-state index in [0.29, 0.717) is 76.2 Å². The Kier molecular flexibility index (Phi) is 24.0. The number of alkyl halides is 4. The van der Waals surface area contributed by atoms with Crippen LogP contribution >= 0.6 is 12.4 Å². The second-order valence-corrected chi connectivity index (χ2v) is 22.5. The predicted molar refractivity (Wildman–Crippen MR) is 337 cm³/mol. The van der Waals surface area contributed by atoms with E-state index in [-0.39, 0.29) is 54.4 Å². The van der Waals surface area contributed by atoms with Gasteiger partial charge in [0.05, 0.1) is 49.8 Å². The van der Waals surface area contributed by atoms with E-state index in [2.05, 4.69) is 99.5 Å². The van der Waals surface area contributed by atoms with Crippen LogP contribution in [0.15, 0.2) is 85.5 Å². The maximum Gasteiger partial charge on any atom is 0.332 e.